The van der Waals surface area contributed by atoms with Gasteiger partial charge in [-0.3, -0.25) is 4.79 Å². The smallest absolute Gasteiger partial charge is 0.340 e. The van der Waals surface area contributed by atoms with Gasteiger partial charge in [0, 0.05) is 11.9 Å². The van der Waals surface area contributed by atoms with Crippen LogP contribution >= 0.6 is 0 Å². The number of rotatable bonds is 4. The van der Waals surface area contributed by atoms with Crippen molar-refractivity contribution >= 4 is 27.8 Å². The first-order valence-corrected chi connectivity index (χ1v) is 10.0. The lowest BCUT2D eigenvalue weighted by atomic mass is 9.99. The number of carbonyl (C=O) groups is 1. The summed E-state index contributed by atoms with van der Waals surface area (Å²) >= 11 is 0. The molecule has 0 radical (unpaired) electrons. The van der Waals surface area contributed by atoms with Gasteiger partial charge in [-0.15, -0.1) is 0 Å². The second-order valence-electron chi connectivity index (χ2n) is 7.82. The Labute approximate surface area is 177 Å². The summed E-state index contributed by atoms with van der Waals surface area (Å²) in [7, 11) is 0. The fraction of sp³-hybridized carbons (Fsp3) is 0.250. The molecular formula is C24H21NO6. The highest BCUT2D eigenvalue weighted by molar-refractivity contribution is 6.07. The molecule has 4 aromatic rings. The summed E-state index contributed by atoms with van der Waals surface area (Å²) in [5.41, 5.74) is 4.53. The number of amides is 1. The lowest BCUT2D eigenvalue weighted by molar-refractivity contribution is -0.120. The maximum absolute atomic E-state index is 12.6. The SMILES string of the molecule is Cc1coc2c1c(C)cc1oc(=O)c(CC(=O)NCc3ccc4c(c3)OCO4)c(C)c12. The molecule has 158 valence electrons. The number of hydrogen-bond acceptors (Lipinski definition) is 6. The molecule has 1 N–H and O–H groups in total. The van der Waals surface area contributed by atoms with E-state index in [0.29, 0.717) is 40.3 Å². The summed E-state index contributed by atoms with van der Waals surface area (Å²) < 4.78 is 22.0. The number of nitrogens with one attached hydrogen (secondary N) is 1. The van der Waals surface area contributed by atoms with Crippen LogP contribution in [0.15, 0.2) is 44.2 Å². The van der Waals surface area contributed by atoms with E-state index >= 15 is 0 Å². The van der Waals surface area contributed by atoms with Crippen LogP contribution in [0.25, 0.3) is 21.9 Å². The topological polar surface area (TPSA) is 90.9 Å². The predicted octanol–water partition coefficient (Wildman–Crippen LogP) is 4.05. The Kier molecular flexibility index (Phi) is 4.46. The van der Waals surface area contributed by atoms with Crippen molar-refractivity contribution < 1.29 is 23.1 Å². The first-order chi connectivity index (χ1) is 14.9. The molecule has 7 heteroatoms. The molecule has 0 bridgehead atoms. The molecule has 0 saturated carbocycles. The number of hydrogen-bond donors (Lipinski definition) is 1. The molecule has 1 aliphatic rings. The molecule has 3 heterocycles. The van der Waals surface area contributed by atoms with Crippen molar-refractivity contribution in [2.24, 2.45) is 0 Å². The number of benzene rings is 2. The molecule has 0 atom stereocenters. The van der Waals surface area contributed by atoms with Crippen LogP contribution in [0.3, 0.4) is 0 Å². The van der Waals surface area contributed by atoms with Crippen molar-refractivity contribution in [3.63, 3.8) is 0 Å². The van der Waals surface area contributed by atoms with Crippen LogP contribution in [0.5, 0.6) is 11.5 Å². The van der Waals surface area contributed by atoms with Gasteiger partial charge in [-0.05, 0) is 61.2 Å². The normalized spacial score (nSPS) is 12.6. The van der Waals surface area contributed by atoms with E-state index in [4.69, 9.17) is 18.3 Å². The van der Waals surface area contributed by atoms with Gasteiger partial charge in [0.15, 0.2) is 11.5 Å². The van der Waals surface area contributed by atoms with Crippen LogP contribution < -0.4 is 20.4 Å². The second kappa shape index (κ2) is 7.19. The van der Waals surface area contributed by atoms with E-state index in [-0.39, 0.29) is 19.1 Å². The summed E-state index contributed by atoms with van der Waals surface area (Å²) in [5, 5.41) is 4.58. The van der Waals surface area contributed by atoms with Gasteiger partial charge in [0.1, 0.15) is 11.2 Å². The molecule has 2 aromatic heterocycles. The molecule has 5 rings (SSSR count). The standard InChI is InChI=1S/C24H21NO6/c1-12-6-19-22(23-21(12)13(2)10-28-23)14(3)16(24(27)31-19)8-20(26)25-9-15-4-5-17-18(7-15)30-11-29-17/h4-7,10H,8-9,11H2,1-3H3,(H,25,26). The van der Waals surface area contributed by atoms with Gasteiger partial charge in [0.25, 0.3) is 0 Å². The zero-order chi connectivity index (χ0) is 21.7. The first kappa shape index (κ1) is 19.2. The lowest BCUT2D eigenvalue weighted by Gasteiger charge is -2.10. The third-order valence-corrected chi connectivity index (χ3v) is 5.73. The van der Waals surface area contributed by atoms with E-state index in [1.54, 1.807) is 6.26 Å². The average Bonchev–Trinajstić information content (AvgIpc) is 3.36. The number of furan rings is 1. The lowest BCUT2D eigenvalue weighted by Crippen LogP contribution is -2.27. The highest BCUT2D eigenvalue weighted by Gasteiger charge is 2.20. The van der Waals surface area contributed by atoms with Crippen LogP contribution in [0.1, 0.15) is 27.8 Å². The van der Waals surface area contributed by atoms with Gasteiger partial charge in [-0.25, -0.2) is 4.79 Å². The maximum Gasteiger partial charge on any atom is 0.340 e. The van der Waals surface area contributed by atoms with E-state index in [1.165, 1.54) is 0 Å². The minimum absolute atomic E-state index is 0.0796. The van der Waals surface area contributed by atoms with E-state index in [9.17, 15) is 9.59 Å². The Hall–Kier alpha value is -3.74. The van der Waals surface area contributed by atoms with Crippen LogP contribution in [0.4, 0.5) is 0 Å². The van der Waals surface area contributed by atoms with Crippen LogP contribution in [-0.2, 0) is 17.8 Å². The number of ether oxygens (including phenoxy) is 2. The monoisotopic (exact) mass is 419 g/mol. The summed E-state index contributed by atoms with van der Waals surface area (Å²) in [5.74, 6) is 1.08. The Bertz CT molecular complexity index is 1410. The van der Waals surface area contributed by atoms with Gasteiger partial charge >= 0.3 is 5.63 Å². The molecule has 0 fully saturated rings. The van der Waals surface area contributed by atoms with Gasteiger partial charge in [0.2, 0.25) is 12.7 Å². The fourth-order valence-corrected chi connectivity index (χ4v) is 4.15. The van der Waals surface area contributed by atoms with E-state index < -0.39 is 5.63 Å². The summed E-state index contributed by atoms with van der Waals surface area (Å²) in [4.78, 5) is 25.2. The highest BCUT2D eigenvalue weighted by Crippen LogP contribution is 2.34. The summed E-state index contributed by atoms with van der Waals surface area (Å²) in [6.45, 7) is 6.27. The van der Waals surface area contributed by atoms with Crippen molar-refractivity contribution in [2.75, 3.05) is 6.79 Å². The average molecular weight is 419 g/mol. The third kappa shape index (κ3) is 3.22. The Morgan fingerprint density at radius 1 is 1.03 bits per heavy atom. The summed E-state index contributed by atoms with van der Waals surface area (Å²) in [6, 6.07) is 7.35. The van der Waals surface area contributed by atoms with Crippen molar-refractivity contribution in [2.45, 2.75) is 33.7 Å². The molecule has 1 amide bonds. The Morgan fingerprint density at radius 3 is 2.68 bits per heavy atom. The molecule has 2 aromatic carbocycles. The first-order valence-electron chi connectivity index (χ1n) is 10.0. The largest absolute Gasteiger partial charge is 0.463 e. The Morgan fingerprint density at radius 2 is 1.84 bits per heavy atom. The van der Waals surface area contributed by atoms with Crippen molar-refractivity contribution in [1.29, 1.82) is 0 Å². The number of carbonyl (C=O) groups excluding carboxylic acids is 1. The minimum Gasteiger partial charge on any atom is -0.463 e. The zero-order valence-corrected chi connectivity index (χ0v) is 17.5. The van der Waals surface area contributed by atoms with Gasteiger partial charge in [0.05, 0.1) is 23.6 Å². The van der Waals surface area contributed by atoms with Crippen LogP contribution in [-0.4, -0.2) is 12.7 Å². The molecular weight excluding hydrogens is 398 g/mol. The molecule has 1 aliphatic heterocycles. The van der Waals surface area contributed by atoms with Crippen molar-refractivity contribution in [3.8, 4) is 11.5 Å². The molecule has 0 saturated heterocycles. The number of aryl methyl sites for hydroxylation is 3. The maximum atomic E-state index is 12.6. The van der Waals surface area contributed by atoms with Crippen LogP contribution in [0.2, 0.25) is 0 Å². The molecule has 0 spiro atoms. The Balaban J connectivity index is 1.43. The second-order valence-corrected chi connectivity index (χ2v) is 7.82. The third-order valence-electron chi connectivity index (χ3n) is 5.73. The van der Waals surface area contributed by atoms with Crippen molar-refractivity contribution in [1.82, 2.24) is 5.32 Å². The quantitative estimate of drug-likeness (QED) is 0.502. The van der Waals surface area contributed by atoms with Crippen molar-refractivity contribution in [3.05, 3.63) is 68.8 Å². The fourth-order valence-electron chi connectivity index (χ4n) is 4.15. The van der Waals surface area contributed by atoms with Crippen LogP contribution in [0, 0.1) is 20.8 Å². The van der Waals surface area contributed by atoms with Gasteiger partial charge in [-0.2, -0.15) is 0 Å². The molecule has 0 unspecified atom stereocenters. The van der Waals surface area contributed by atoms with Gasteiger partial charge < -0.3 is 23.6 Å². The predicted molar refractivity (Wildman–Crippen MR) is 115 cm³/mol. The zero-order valence-electron chi connectivity index (χ0n) is 17.5. The summed E-state index contributed by atoms with van der Waals surface area (Å²) in [6.07, 6.45) is 1.61. The van der Waals surface area contributed by atoms with E-state index in [0.717, 1.165) is 27.5 Å². The molecule has 7 nitrogen and oxygen atoms in total. The minimum atomic E-state index is -0.509. The van der Waals surface area contributed by atoms with E-state index in [2.05, 4.69) is 5.32 Å². The molecule has 31 heavy (non-hydrogen) atoms. The molecule has 0 aliphatic carbocycles. The number of fused-ring (bicyclic) bond motifs is 4. The highest BCUT2D eigenvalue weighted by atomic mass is 16.7. The van der Waals surface area contributed by atoms with Gasteiger partial charge in [-0.1, -0.05) is 6.07 Å². The van der Waals surface area contributed by atoms with E-state index in [1.807, 2.05) is 45.0 Å².